The third-order valence-electron chi connectivity index (χ3n) is 7.62. The number of carbonyl (C=O) groups is 2. The Morgan fingerprint density at radius 2 is 1.75 bits per heavy atom. The monoisotopic (exact) mass is 614 g/mol. The smallest absolute Gasteiger partial charge is 0.366 e. The van der Waals surface area contributed by atoms with Gasteiger partial charge in [0.1, 0.15) is 23.5 Å². The lowest BCUT2D eigenvalue weighted by molar-refractivity contribution is -0.137. The van der Waals surface area contributed by atoms with E-state index in [0.717, 1.165) is 30.5 Å². The Bertz CT molecular complexity index is 1690. The van der Waals surface area contributed by atoms with Crippen LogP contribution < -0.4 is 11.1 Å². The molecule has 4 aromatic rings. The summed E-state index contributed by atoms with van der Waals surface area (Å²) < 4.78 is 84.9. The number of nitrogens with zero attached hydrogens (tertiary/aromatic N) is 2. The molecule has 0 radical (unpaired) electrons. The highest BCUT2D eigenvalue weighted by Crippen LogP contribution is 2.44. The molecule has 0 saturated heterocycles. The van der Waals surface area contributed by atoms with Crippen molar-refractivity contribution in [1.82, 2.24) is 14.9 Å². The van der Waals surface area contributed by atoms with Crippen LogP contribution in [-0.4, -0.2) is 21.4 Å². The first-order valence-corrected chi connectivity index (χ1v) is 13.9. The van der Waals surface area contributed by atoms with Gasteiger partial charge in [0, 0.05) is 29.7 Å². The van der Waals surface area contributed by atoms with Crippen LogP contribution in [0.15, 0.2) is 67.0 Å². The van der Waals surface area contributed by atoms with Gasteiger partial charge in [-0.15, -0.1) is 0 Å². The Labute approximate surface area is 248 Å². The van der Waals surface area contributed by atoms with Crippen molar-refractivity contribution in [3.63, 3.8) is 0 Å². The highest BCUT2D eigenvalue weighted by Gasteiger charge is 2.38. The number of aromatic nitrogens is 2. The van der Waals surface area contributed by atoms with Gasteiger partial charge in [0.25, 0.3) is 5.91 Å². The van der Waals surface area contributed by atoms with Gasteiger partial charge in [0.15, 0.2) is 0 Å². The number of hydrogen-bond donors (Lipinski definition) is 2. The van der Waals surface area contributed by atoms with Crippen LogP contribution in [-0.2, 0) is 17.4 Å². The number of primary amides is 1. The number of nitrogens with one attached hydrogen (secondary N) is 1. The fraction of sp³-hybridized carbons (Fsp3) is 0.281. The molecule has 0 bridgehead atoms. The molecule has 0 spiro atoms. The second kappa shape index (κ2) is 12.2. The van der Waals surface area contributed by atoms with E-state index < -0.39 is 53.1 Å². The SMILES string of the molecule is CCC(C(=O)N[C@@H](Cc1cc(F)cc(F)c1)c1ncccc1-c1ccc(F)c(C(N)=O)c1)n1cc(C(F)(F)F)cc1C1CC1. The maximum atomic E-state index is 14.3. The molecule has 1 saturated carbocycles. The summed E-state index contributed by atoms with van der Waals surface area (Å²) in [6.45, 7) is 1.67. The fourth-order valence-corrected chi connectivity index (χ4v) is 5.41. The summed E-state index contributed by atoms with van der Waals surface area (Å²) in [7, 11) is 0. The third kappa shape index (κ3) is 6.63. The molecule has 1 aliphatic rings. The molecule has 5 rings (SSSR count). The average Bonchev–Trinajstić information content (AvgIpc) is 3.70. The number of alkyl halides is 3. The van der Waals surface area contributed by atoms with Crippen LogP contribution in [0.1, 0.15) is 77.1 Å². The zero-order valence-corrected chi connectivity index (χ0v) is 23.5. The van der Waals surface area contributed by atoms with Crippen LogP contribution in [0.5, 0.6) is 0 Å². The largest absolute Gasteiger partial charge is 0.417 e. The average molecular weight is 615 g/mol. The van der Waals surface area contributed by atoms with Gasteiger partial charge in [-0.2, -0.15) is 13.2 Å². The van der Waals surface area contributed by atoms with E-state index in [2.05, 4.69) is 10.3 Å². The molecule has 3 N–H and O–H groups in total. The van der Waals surface area contributed by atoms with Gasteiger partial charge in [0.05, 0.1) is 22.9 Å². The van der Waals surface area contributed by atoms with Crippen molar-refractivity contribution in [3.8, 4) is 11.1 Å². The Hall–Kier alpha value is -4.61. The predicted molar refractivity (Wildman–Crippen MR) is 150 cm³/mol. The lowest BCUT2D eigenvalue weighted by Crippen LogP contribution is -2.37. The Morgan fingerprint density at radius 3 is 2.36 bits per heavy atom. The van der Waals surface area contributed by atoms with Gasteiger partial charge < -0.3 is 15.6 Å². The van der Waals surface area contributed by atoms with Crippen LogP contribution >= 0.6 is 0 Å². The summed E-state index contributed by atoms with van der Waals surface area (Å²) in [5.41, 5.74) is 5.59. The van der Waals surface area contributed by atoms with Crippen LogP contribution in [0.25, 0.3) is 11.1 Å². The third-order valence-corrected chi connectivity index (χ3v) is 7.62. The predicted octanol–water partition coefficient (Wildman–Crippen LogP) is 7.01. The molecule has 12 heteroatoms. The van der Waals surface area contributed by atoms with E-state index in [-0.39, 0.29) is 35.6 Å². The Kier molecular flexibility index (Phi) is 8.53. The van der Waals surface area contributed by atoms with E-state index in [4.69, 9.17) is 5.73 Å². The summed E-state index contributed by atoms with van der Waals surface area (Å²) in [5.74, 6) is -4.26. The summed E-state index contributed by atoms with van der Waals surface area (Å²) in [5, 5.41) is 2.85. The van der Waals surface area contributed by atoms with E-state index in [1.807, 2.05) is 0 Å². The molecule has 2 atom stereocenters. The number of rotatable bonds is 10. The highest BCUT2D eigenvalue weighted by molar-refractivity contribution is 5.94. The minimum absolute atomic E-state index is 0.0978. The first kappa shape index (κ1) is 30.8. The standard InChI is InChI=1S/C32H28F6N4O2/c1-2-27(42-16-20(32(36,37)38)14-28(42)18-5-6-18)31(44)41-26(12-17-10-21(33)15-22(34)11-17)29-23(4-3-9-40-29)19-7-8-25(35)24(13-19)30(39)43/h3-4,7-11,13-16,18,26-27H,2,5-6,12H2,1H3,(H2,39,43)(H,41,44)/t26-,27?/m0/s1. The van der Waals surface area contributed by atoms with Crippen molar-refractivity contribution in [2.75, 3.05) is 0 Å². The molecule has 230 valence electrons. The zero-order chi connectivity index (χ0) is 31.8. The molecular formula is C32H28F6N4O2. The first-order chi connectivity index (χ1) is 20.8. The number of nitrogens with two attached hydrogens (primary N) is 1. The van der Waals surface area contributed by atoms with Gasteiger partial charge in [-0.05, 0) is 79.1 Å². The lowest BCUT2D eigenvalue weighted by Gasteiger charge is -2.26. The van der Waals surface area contributed by atoms with Gasteiger partial charge >= 0.3 is 6.18 Å². The number of amides is 2. The quantitative estimate of drug-likeness (QED) is 0.188. The maximum Gasteiger partial charge on any atom is 0.417 e. The molecule has 2 aromatic heterocycles. The zero-order valence-electron chi connectivity index (χ0n) is 23.5. The van der Waals surface area contributed by atoms with Crippen molar-refractivity contribution in [3.05, 3.63) is 113 Å². The molecule has 44 heavy (non-hydrogen) atoms. The summed E-state index contributed by atoms with van der Waals surface area (Å²) in [4.78, 5) is 30.1. The minimum Gasteiger partial charge on any atom is -0.366 e. The molecule has 1 unspecified atom stereocenters. The number of hydrogen-bond acceptors (Lipinski definition) is 3. The van der Waals surface area contributed by atoms with Gasteiger partial charge in [0.2, 0.25) is 5.91 Å². The molecule has 2 aromatic carbocycles. The summed E-state index contributed by atoms with van der Waals surface area (Å²) >= 11 is 0. The van der Waals surface area contributed by atoms with Crippen molar-refractivity contribution < 1.29 is 35.9 Å². The van der Waals surface area contributed by atoms with E-state index in [1.165, 1.54) is 22.9 Å². The van der Waals surface area contributed by atoms with Gasteiger partial charge in [-0.3, -0.25) is 14.6 Å². The Balaban J connectivity index is 1.57. The molecular weight excluding hydrogens is 586 g/mol. The van der Waals surface area contributed by atoms with E-state index in [1.54, 1.807) is 19.1 Å². The second-order valence-corrected chi connectivity index (χ2v) is 10.8. The normalized spacial score (nSPS) is 14.7. The molecule has 1 aliphatic carbocycles. The topological polar surface area (TPSA) is 90.0 Å². The minimum atomic E-state index is -4.60. The van der Waals surface area contributed by atoms with Crippen LogP contribution in [0.3, 0.4) is 0 Å². The molecule has 6 nitrogen and oxygen atoms in total. The van der Waals surface area contributed by atoms with Crippen molar-refractivity contribution in [2.45, 2.75) is 56.8 Å². The van der Waals surface area contributed by atoms with Crippen molar-refractivity contribution in [1.29, 1.82) is 0 Å². The number of pyridine rings is 1. The molecule has 0 aliphatic heterocycles. The van der Waals surface area contributed by atoms with Crippen molar-refractivity contribution in [2.24, 2.45) is 5.73 Å². The number of halogens is 6. The van der Waals surface area contributed by atoms with E-state index in [9.17, 15) is 35.9 Å². The lowest BCUT2D eigenvalue weighted by atomic mass is 9.94. The van der Waals surface area contributed by atoms with Crippen LogP contribution in [0.2, 0.25) is 0 Å². The highest BCUT2D eigenvalue weighted by atomic mass is 19.4. The van der Waals surface area contributed by atoms with E-state index >= 15 is 0 Å². The summed E-state index contributed by atoms with van der Waals surface area (Å²) in [6, 6.07) is 8.73. The molecule has 1 fully saturated rings. The number of carbonyl (C=O) groups excluding carboxylic acids is 2. The molecule has 2 heterocycles. The van der Waals surface area contributed by atoms with Crippen molar-refractivity contribution >= 4 is 11.8 Å². The van der Waals surface area contributed by atoms with Gasteiger partial charge in [-0.25, -0.2) is 13.2 Å². The van der Waals surface area contributed by atoms with Crippen LogP contribution in [0.4, 0.5) is 26.3 Å². The summed E-state index contributed by atoms with van der Waals surface area (Å²) in [6.07, 6.45) is -0.838. The molecule has 2 amide bonds. The van der Waals surface area contributed by atoms with Crippen LogP contribution in [0, 0.1) is 17.5 Å². The first-order valence-electron chi connectivity index (χ1n) is 13.9. The van der Waals surface area contributed by atoms with E-state index in [0.29, 0.717) is 35.7 Å². The fourth-order valence-electron chi connectivity index (χ4n) is 5.41. The number of benzene rings is 2. The maximum absolute atomic E-state index is 14.3. The Morgan fingerprint density at radius 1 is 1.05 bits per heavy atom. The second-order valence-electron chi connectivity index (χ2n) is 10.8. The van der Waals surface area contributed by atoms with Gasteiger partial charge in [-0.1, -0.05) is 19.1 Å².